The van der Waals surface area contributed by atoms with Crippen molar-refractivity contribution in [1.29, 1.82) is 0 Å². The number of amides is 3. The van der Waals surface area contributed by atoms with Crippen molar-refractivity contribution >= 4 is 17.9 Å². The molecule has 0 spiro atoms. The van der Waals surface area contributed by atoms with Gasteiger partial charge in [0.2, 0.25) is 5.91 Å². The van der Waals surface area contributed by atoms with Crippen molar-refractivity contribution in [1.82, 2.24) is 15.5 Å². The van der Waals surface area contributed by atoms with Gasteiger partial charge >= 0.3 is 12.0 Å². The molecule has 2 N–H and O–H groups in total. The van der Waals surface area contributed by atoms with E-state index in [0.717, 1.165) is 6.42 Å². The van der Waals surface area contributed by atoms with Gasteiger partial charge in [0.05, 0.1) is 7.11 Å². The number of fused-ring (bicyclic) bond motifs is 1. The minimum absolute atomic E-state index is 0.195. The highest BCUT2D eigenvalue weighted by molar-refractivity contribution is 5.92. The number of rotatable bonds is 3. The van der Waals surface area contributed by atoms with Gasteiger partial charge in [-0.1, -0.05) is 20.8 Å². The molecule has 2 fully saturated rings. The van der Waals surface area contributed by atoms with Crippen molar-refractivity contribution in [2.75, 3.05) is 13.7 Å². The third kappa shape index (κ3) is 4.44. The minimum Gasteiger partial charge on any atom is -0.467 e. The lowest BCUT2D eigenvalue weighted by Crippen LogP contribution is -2.60. The Bertz CT molecular complexity index is 562. The molecule has 1 aliphatic heterocycles. The Morgan fingerprint density at radius 3 is 2.20 bits per heavy atom. The van der Waals surface area contributed by atoms with Gasteiger partial charge in [0, 0.05) is 12.1 Å². The van der Waals surface area contributed by atoms with Crippen LogP contribution in [0.15, 0.2) is 0 Å². The SMILES string of the molecule is COC(=O)[C@@H]1[C@H]2C[C@H]2CN1C(=O)[C@@H](NC(=O)NC(C)(C)C)C(C)(C)C. The van der Waals surface area contributed by atoms with Crippen molar-refractivity contribution in [3.8, 4) is 0 Å². The summed E-state index contributed by atoms with van der Waals surface area (Å²) in [6.45, 7) is 11.9. The van der Waals surface area contributed by atoms with Crippen LogP contribution in [0.3, 0.4) is 0 Å². The largest absolute Gasteiger partial charge is 0.467 e. The molecule has 0 unspecified atom stereocenters. The van der Waals surface area contributed by atoms with Crippen LogP contribution in [-0.2, 0) is 14.3 Å². The third-order valence-corrected chi connectivity index (χ3v) is 4.75. The maximum absolute atomic E-state index is 13.2. The molecule has 4 atom stereocenters. The van der Waals surface area contributed by atoms with Gasteiger partial charge in [-0.15, -0.1) is 0 Å². The van der Waals surface area contributed by atoms with Gasteiger partial charge in [-0.2, -0.15) is 0 Å². The smallest absolute Gasteiger partial charge is 0.328 e. The van der Waals surface area contributed by atoms with Crippen LogP contribution in [0.2, 0.25) is 0 Å². The maximum Gasteiger partial charge on any atom is 0.328 e. The lowest BCUT2D eigenvalue weighted by Gasteiger charge is -2.36. The number of likely N-dealkylation sites (tertiary alicyclic amines) is 1. The molecule has 0 bridgehead atoms. The van der Waals surface area contributed by atoms with Crippen LogP contribution in [0.5, 0.6) is 0 Å². The Kier molecular flexibility index (Phi) is 5.08. The van der Waals surface area contributed by atoms with Gasteiger partial charge in [-0.05, 0) is 44.4 Å². The van der Waals surface area contributed by atoms with Gasteiger partial charge in [-0.3, -0.25) is 4.79 Å². The molecule has 25 heavy (non-hydrogen) atoms. The zero-order valence-corrected chi connectivity index (χ0v) is 16.3. The summed E-state index contributed by atoms with van der Waals surface area (Å²) < 4.78 is 4.89. The number of esters is 1. The molecule has 0 radical (unpaired) electrons. The zero-order valence-electron chi connectivity index (χ0n) is 16.3. The first kappa shape index (κ1) is 19.5. The average Bonchev–Trinajstić information content (AvgIpc) is 3.11. The molecule has 1 saturated carbocycles. The molecule has 7 heteroatoms. The van der Waals surface area contributed by atoms with Gasteiger partial charge < -0.3 is 20.3 Å². The molecule has 2 rings (SSSR count). The first-order valence-electron chi connectivity index (χ1n) is 8.82. The van der Waals surface area contributed by atoms with E-state index < -0.39 is 23.0 Å². The number of hydrogen-bond acceptors (Lipinski definition) is 4. The fraction of sp³-hybridized carbons (Fsp3) is 0.833. The van der Waals surface area contributed by atoms with Gasteiger partial charge in [0.15, 0.2) is 0 Å². The highest BCUT2D eigenvalue weighted by Crippen LogP contribution is 2.50. The summed E-state index contributed by atoms with van der Waals surface area (Å²) in [5, 5.41) is 5.62. The second-order valence-corrected chi connectivity index (χ2v) is 9.27. The molecule has 1 heterocycles. The van der Waals surface area contributed by atoms with E-state index in [1.165, 1.54) is 7.11 Å². The van der Waals surface area contributed by atoms with Crippen LogP contribution in [0.4, 0.5) is 4.79 Å². The number of piperidine rings is 1. The van der Waals surface area contributed by atoms with Gasteiger partial charge in [-0.25, -0.2) is 9.59 Å². The van der Waals surface area contributed by atoms with Gasteiger partial charge in [0.25, 0.3) is 0 Å². The maximum atomic E-state index is 13.2. The standard InChI is InChI=1S/C18H31N3O4/c1-17(2,3)13(19-16(24)20-18(4,5)6)14(22)21-9-10-8-11(10)12(21)15(23)25-7/h10-13H,8-9H2,1-7H3,(H2,19,20,24)/t10-,11-,12-,13+/m0/s1. The van der Waals surface area contributed by atoms with Crippen LogP contribution < -0.4 is 10.6 Å². The lowest BCUT2D eigenvalue weighted by molar-refractivity contribution is -0.153. The third-order valence-electron chi connectivity index (χ3n) is 4.75. The Morgan fingerprint density at radius 1 is 1.12 bits per heavy atom. The zero-order chi connectivity index (χ0) is 19.2. The highest BCUT2D eigenvalue weighted by atomic mass is 16.5. The number of hydrogen-bond donors (Lipinski definition) is 2. The second kappa shape index (κ2) is 6.50. The van der Waals surface area contributed by atoms with E-state index in [1.54, 1.807) is 4.90 Å². The normalized spacial score (nSPS) is 26.5. The molecule has 3 amide bonds. The number of methoxy groups -OCH3 is 1. The quantitative estimate of drug-likeness (QED) is 0.753. The molecule has 0 aromatic heterocycles. The fourth-order valence-electron chi connectivity index (χ4n) is 3.44. The van der Waals surface area contributed by atoms with Crippen LogP contribution in [0.1, 0.15) is 48.0 Å². The van der Waals surface area contributed by atoms with E-state index in [2.05, 4.69) is 10.6 Å². The summed E-state index contributed by atoms with van der Waals surface area (Å²) in [6, 6.07) is -1.64. The van der Waals surface area contributed by atoms with Crippen molar-refractivity contribution in [3.63, 3.8) is 0 Å². The lowest BCUT2D eigenvalue weighted by atomic mass is 9.85. The first-order valence-corrected chi connectivity index (χ1v) is 8.82. The number of carbonyl (C=O) groups excluding carboxylic acids is 3. The van der Waals surface area contributed by atoms with E-state index in [1.807, 2.05) is 41.5 Å². The minimum atomic E-state index is -0.723. The summed E-state index contributed by atoms with van der Waals surface area (Å²) in [6.07, 6.45) is 0.960. The average molecular weight is 353 g/mol. The Hall–Kier alpha value is -1.79. The topological polar surface area (TPSA) is 87.7 Å². The molecular weight excluding hydrogens is 322 g/mol. The predicted molar refractivity (Wildman–Crippen MR) is 93.8 cm³/mol. The van der Waals surface area contributed by atoms with Crippen molar-refractivity contribution in [2.24, 2.45) is 17.3 Å². The van der Waals surface area contributed by atoms with Crippen LogP contribution in [0, 0.1) is 17.3 Å². The molecule has 1 saturated heterocycles. The van der Waals surface area contributed by atoms with E-state index in [9.17, 15) is 14.4 Å². The fourth-order valence-corrected chi connectivity index (χ4v) is 3.44. The van der Waals surface area contributed by atoms with E-state index in [0.29, 0.717) is 12.5 Å². The number of nitrogens with zero attached hydrogens (tertiary/aromatic N) is 1. The van der Waals surface area contributed by atoms with E-state index in [4.69, 9.17) is 4.74 Å². The molecule has 1 aliphatic carbocycles. The Balaban J connectivity index is 2.16. The predicted octanol–water partition coefficient (Wildman–Crippen LogP) is 1.52. The van der Waals surface area contributed by atoms with Crippen molar-refractivity contribution < 1.29 is 19.1 Å². The molecule has 142 valence electrons. The van der Waals surface area contributed by atoms with E-state index >= 15 is 0 Å². The molecule has 0 aromatic carbocycles. The number of nitrogens with one attached hydrogen (secondary N) is 2. The van der Waals surface area contributed by atoms with Crippen LogP contribution in [-0.4, -0.2) is 54.1 Å². The molecule has 7 nitrogen and oxygen atoms in total. The number of ether oxygens (including phenoxy) is 1. The van der Waals surface area contributed by atoms with E-state index in [-0.39, 0.29) is 23.8 Å². The van der Waals surface area contributed by atoms with Crippen molar-refractivity contribution in [3.05, 3.63) is 0 Å². The molecule has 0 aromatic rings. The summed E-state index contributed by atoms with van der Waals surface area (Å²) in [7, 11) is 1.34. The van der Waals surface area contributed by atoms with Gasteiger partial charge in [0.1, 0.15) is 12.1 Å². The monoisotopic (exact) mass is 353 g/mol. The molecule has 2 aliphatic rings. The summed E-state index contributed by atoms with van der Waals surface area (Å²) in [4.78, 5) is 39.2. The van der Waals surface area contributed by atoms with Crippen LogP contribution in [0.25, 0.3) is 0 Å². The summed E-state index contributed by atoms with van der Waals surface area (Å²) >= 11 is 0. The highest BCUT2D eigenvalue weighted by Gasteiger charge is 2.58. The second-order valence-electron chi connectivity index (χ2n) is 9.27. The van der Waals surface area contributed by atoms with Crippen molar-refractivity contribution in [2.45, 2.75) is 65.6 Å². The Labute approximate surface area is 149 Å². The number of carbonyl (C=O) groups is 3. The summed E-state index contributed by atoms with van der Waals surface area (Å²) in [5.74, 6) is -0.0261. The van der Waals surface area contributed by atoms with Crippen LogP contribution >= 0.6 is 0 Å². The number of urea groups is 1. The first-order chi connectivity index (χ1) is 11.3. The Morgan fingerprint density at radius 2 is 1.72 bits per heavy atom. The summed E-state index contributed by atoms with van der Waals surface area (Å²) in [5.41, 5.74) is -0.890. The molecular formula is C18H31N3O4.